The van der Waals surface area contributed by atoms with Crippen molar-refractivity contribution in [1.82, 2.24) is 14.8 Å². The van der Waals surface area contributed by atoms with Gasteiger partial charge in [0.05, 0.1) is 24.2 Å². The molecule has 0 aliphatic carbocycles. The molecule has 9 heteroatoms. The van der Waals surface area contributed by atoms with E-state index in [4.69, 9.17) is 4.74 Å². The van der Waals surface area contributed by atoms with E-state index in [2.05, 4.69) is 15.1 Å². The van der Waals surface area contributed by atoms with Gasteiger partial charge < -0.3 is 9.64 Å². The number of para-hydroxylation sites is 1. The van der Waals surface area contributed by atoms with Crippen molar-refractivity contribution < 1.29 is 18.3 Å². The number of hydrogen-bond acceptors (Lipinski definition) is 6. The summed E-state index contributed by atoms with van der Waals surface area (Å²) in [6, 6.07) is 11.1. The molecule has 3 aromatic rings. The maximum atomic E-state index is 13.6. The first-order valence-corrected chi connectivity index (χ1v) is 10.8. The second-order valence-electron chi connectivity index (χ2n) is 7.26. The lowest BCUT2D eigenvalue weighted by Gasteiger charge is -2.28. The van der Waals surface area contributed by atoms with Gasteiger partial charge in [0.25, 0.3) is 0 Å². The number of ether oxygens (including phenoxy) is 1. The van der Waals surface area contributed by atoms with Crippen molar-refractivity contribution in [3.63, 3.8) is 0 Å². The Labute approximate surface area is 183 Å². The first-order chi connectivity index (χ1) is 15.0. The van der Waals surface area contributed by atoms with Gasteiger partial charge in [-0.05, 0) is 43.7 Å². The van der Waals surface area contributed by atoms with Crippen molar-refractivity contribution in [3.8, 4) is 5.69 Å². The maximum Gasteiger partial charge on any atom is 0.232 e. The topological polar surface area (TPSA) is 60.2 Å². The van der Waals surface area contributed by atoms with Crippen molar-refractivity contribution >= 4 is 23.5 Å². The normalized spacial score (nSPS) is 15.2. The molecule has 1 fully saturated rings. The number of carbonyl (C=O) groups excluding carboxylic acids is 1. The Kier molecular flexibility index (Phi) is 6.33. The van der Waals surface area contributed by atoms with Gasteiger partial charge in [-0.1, -0.05) is 30.0 Å². The van der Waals surface area contributed by atoms with Crippen molar-refractivity contribution in [1.29, 1.82) is 0 Å². The summed E-state index contributed by atoms with van der Waals surface area (Å²) in [4.78, 5) is 14.9. The lowest BCUT2D eigenvalue weighted by molar-refractivity contribution is 0.0993. The molecule has 1 atom stereocenters. The Bertz CT molecular complexity index is 1100. The van der Waals surface area contributed by atoms with E-state index in [-0.39, 0.29) is 11.3 Å². The molecule has 1 aromatic heterocycles. The minimum atomic E-state index is -1.04. The summed E-state index contributed by atoms with van der Waals surface area (Å²) in [5, 5.41) is 8.75. The zero-order valence-electron chi connectivity index (χ0n) is 17.2. The third-order valence-corrected chi connectivity index (χ3v) is 6.16. The largest absolute Gasteiger partial charge is 0.378 e. The minimum absolute atomic E-state index is 0.120. The number of benzene rings is 2. The zero-order chi connectivity index (χ0) is 22.0. The Morgan fingerprint density at radius 3 is 2.55 bits per heavy atom. The molecule has 2 heterocycles. The number of carbonyl (C=O) groups is 1. The standard InChI is InChI=1S/C22H22F2N4O2S/c1-14-5-3-4-6-19(14)28-21(27-9-11-30-12-10-27)25-26-22(28)31-15(2)20(29)16-7-8-17(23)18(24)13-16/h3-8,13,15H,9-12H2,1-2H3/t15-/m1/s1. The van der Waals surface area contributed by atoms with Crippen molar-refractivity contribution in [3.05, 3.63) is 65.2 Å². The maximum absolute atomic E-state index is 13.6. The highest BCUT2D eigenvalue weighted by molar-refractivity contribution is 8.00. The van der Waals surface area contributed by atoms with E-state index in [0.29, 0.717) is 37.4 Å². The highest BCUT2D eigenvalue weighted by atomic mass is 32.2. The number of rotatable bonds is 6. The predicted molar refractivity (Wildman–Crippen MR) is 115 cm³/mol. The van der Waals surface area contributed by atoms with E-state index in [9.17, 15) is 13.6 Å². The van der Waals surface area contributed by atoms with Crippen molar-refractivity contribution in [2.24, 2.45) is 0 Å². The number of halogens is 2. The molecule has 31 heavy (non-hydrogen) atoms. The lowest BCUT2D eigenvalue weighted by atomic mass is 10.1. The molecule has 6 nitrogen and oxygen atoms in total. The van der Waals surface area contributed by atoms with E-state index < -0.39 is 16.9 Å². The van der Waals surface area contributed by atoms with Crippen LogP contribution in [0.4, 0.5) is 14.7 Å². The summed E-state index contributed by atoms with van der Waals surface area (Å²) in [7, 11) is 0. The molecule has 0 radical (unpaired) electrons. The molecule has 0 saturated carbocycles. The molecule has 0 unspecified atom stereocenters. The van der Waals surface area contributed by atoms with Crippen LogP contribution in [0.5, 0.6) is 0 Å². The van der Waals surface area contributed by atoms with Crippen LogP contribution in [0.25, 0.3) is 5.69 Å². The number of morpholine rings is 1. The summed E-state index contributed by atoms with van der Waals surface area (Å²) in [5.41, 5.74) is 2.08. The Morgan fingerprint density at radius 1 is 1.10 bits per heavy atom. The van der Waals surface area contributed by atoms with Crippen LogP contribution in [0, 0.1) is 18.6 Å². The van der Waals surface area contributed by atoms with Gasteiger partial charge in [0.15, 0.2) is 22.6 Å². The molecule has 1 aliphatic heterocycles. The molecular formula is C22H22F2N4O2S. The predicted octanol–water partition coefficient (Wildman–Crippen LogP) is 4.05. The number of thioether (sulfide) groups is 1. The molecular weight excluding hydrogens is 422 g/mol. The fourth-order valence-corrected chi connectivity index (χ4v) is 4.36. The van der Waals surface area contributed by atoms with Crippen LogP contribution in [-0.4, -0.2) is 52.1 Å². The van der Waals surface area contributed by atoms with E-state index in [0.717, 1.165) is 23.4 Å². The highest BCUT2D eigenvalue weighted by Gasteiger charge is 2.26. The number of anilines is 1. The summed E-state index contributed by atoms with van der Waals surface area (Å²) < 4.78 is 34.2. The third kappa shape index (κ3) is 4.47. The van der Waals surface area contributed by atoms with Gasteiger partial charge in [-0.15, -0.1) is 10.2 Å². The summed E-state index contributed by atoms with van der Waals surface area (Å²) >= 11 is 1.24. The summed E-state index contributed by atoms with van der Waals surface area (Å²) in [6.07, 6.45) is 0. The number of hydrogen-bond donors (Lipinski definition) is 0. The van der Waals surface area contributed by atoms with Crippen molar-refractivity contribution in [2.45, 2.75) is 24.3 Å². The van der Waals surface area contributed by atoms with Crippen molar-refractivity contribution in [2.75, 3.05) is 31.2 Å². The number of aryl methyl sites for hydroxylation is 1. The molecule has 4 rings (SSSR count). The average molecular weight is 445 g/mol. The first kappa shape index (κ1) is 21.5. The fraction of sp³-hybridized carbons (Fsp3) is 0.318. The van der Waals surface area contributed by atoms with Gasteiger partial charge in [-0.3, -0.25) is 9.36 Å². The van der Waals surface area contributed by atoms with E-state index in [1.54, 1.807) is 6.92 Å². The van der Waals surface area contributed by atoms with E-state index >= 15 is 0 Å². The number of nitrogens with zero attached hydrogens (tertiary/aromatic N) is 4. The first-order valence-electron chi connectivity index (χ1n) is 9.95. The Morgan fingerprint density at radius 2 is 1.84 bits per heavy atom. The second-order valence-corrected chi connectivity index (χ2v) is 8.57. The molecule has 0 N–H and O–H groups in total. The van der Waals surface area contributed by atoms with Gasteiger partial charge >= 0.3 is 0 Å². The van der Waals surface area contributed by atoms with Gasteiger partial charge in [-0.2, -0.15) is 0 Å². The minimum Gasteiger partial charge on any atom is -0.378 e. The van der Waals surface area contributed by atoms with Crippen LogP contribution in [0.3, 0.4) is 0 Å². The molecule has 0 spiro atoms. The van der Waals surface area contributed by atoms with Crippen LogP contribution >= 0.6 is 11.8 Å². The molecule has 0 amide bonds. The SMILES string of the molecule is Cc1ccccc1-n1c(S[C@H](C)C(=O)c2ccc(F)c(F)c2)nnc1N1CCOCC1. The second kappa shape index (κ2) is 9.15. The van der Waals surface area contributed by atoms with Crippen LogP contribution in [0.2, 0.25) is 0 Å². The number of ketones is 1. The highest BCUT2D eigenvalue weighted by Crippen LogP contribution is 2.32. The fourth-order valence-electron chi connectivity index (χ4n) is 3.43. The van der Waals surface area contributed by atoms with Crippen LogP contribution in [0.15, 0.2) is 47.6 Å². The molecule has 0 bridgehead atoms. The van der Waals surface area contributed by atoms with Gasteiger partial charge in [0.2, 0.25) is 5.95 Å². The molecule has 2 aromatic carbocycles. The quantitative estimate of drug-likeness (QED) is 0.422. The summed E-state index contributed by atoms with van der Waals surface area (Å²) in [6.45, 7) is 6.32. The van der Waals surface area contributed by atoms with Crippen LogP contribution < -0.4 is 4.90 Å². The van der Waals surface area contributed by atoms with Gasteiger partial charge in [0, 0.05) is 18.7 Å². The zero-order valence-corrected chi connectivity index (χ0v) is 18.0. The number of aromatic nitrogens is 3. The molecule has 1 saturated heterocycles. The van der Waals surface area contributed by atoms with Gasteiger partial charge in [-0.25, -0.2) is 8.78 Å². The Hall–Kier alpha value is -2.78. The van der Waals surface area contributed by atoms with Crippen LogP contribution in [-0.2, 0) is 4.74 Å². The number of Topliss-reactive ketones (excluding diaryl/α,β-unsaturated/α-hetero) is 1. The smallest absolute Gasteiger partial charge is 0.232 e. The summed E-state index contributed by atoms with van der Waals surface area (Å²) in [5.74, 6) is -1.64. The van der Waals surface area contributed by atoms with E-state index in [1.807, 2.05) is 35.8 Å². The average Bonchev–Trinajstić information content (AvgIpc) is 3.19. The van der Waals surface area contributed by atoms with Gasteiger partial charge in [0.1, 0.15) is 0 Å². The monoisotopic (exact) mass is 444 g/mol. The Balaban J connectivity index is 1.67. The lowest BCUT2D eigenvalue weighted by Crippen LogP contribution is -2.38. The third-order valence-electron chi connectivity index (χ3n) is 5.12. The van der Waals surface area contributed by atoms with Crippen LogP contribution in [0.1, 0.15) is 22.8 Å². The molecule has 162 valence electrons. The van der Waals surface area contributed by atoms with E-state index in [1.165, 1.54) is 17.8 Å². The molecule has 1 aliphatic rings.